The number of ether oxygens (including phenoxy) is 1. The fourth-order valence-corrected chi connectivity index (χ4v) is 6.45. The number of carbonyl (C=O) groups excluding carboxylic acids is 1. The molecule has 1 amide bonds. The van der Waals surface area contributed by atoms with E-state index in [2.05, 4.69) is 29.8 Å². The first-order valence-electron chi connectivity index (χ1n) is 11.4. The molecule has 0 radical (unpaired) electrons. The highest BCUT2D eigenvalue weighted by molar-refractivity contribution is 8.19. The minimum Gasteiger partial charge on any atom is -0.497 e. The second-order valence-electron chi connectivity index (χ2n) is 8.00. The lowest BCUT2D eigenvalue weighted by atomic mass is 10.2. The van der Waals surface area contributed by atoms with E-state index >= 15 is 0 Å². The van der Waals surface area contributed by atoms with Gasteiger partial charge in [-0.1, -0.05) is 31.2 Å². The minimum atomic E-state index is 0.0281. The van der Waals surface area contributed by atoms with Gasteiger partial charge >= 0.3 is 0 Å². The molecule has 2 aliphatic heterocycles. The Morgan fingerprint density at radius 2 is 1.94 bits per heavy atom. The van der Waals surface area contributed by atoms with E-state index in [1.54, 1.807) is 25.1 Å². The number of methoxy groups -OCH3 is 1. The molecule has 3 heterocycles. The van der Waals surface area contributed by atoms with Crippen molar-refractivity contribution >= 4 is 56.9 Å². The lowest BCUT2D eigenvalue weighted by Gasteiger charge is -2.19. The Kier molecular flexibility index (Phi) is 6.52. The monoisotopic (exact) mass is 490 g/mol. The third-order valence-corrected chi connectivity index (χ3v) is 8.21. The number of unbranched alkanes of at least 4 members (excludes halogenated alkanes) is 1. The van der Waals surface area contributed by atoms with Crippen molar-refractivity contribution in [2.75, 3.05) is 25.1 Å². The molecule has 0 spiro atoms. The number of aliphatic imine (C=N–C) groups is 1. The average Bonchev–Trinajstić information content (AvgIpc) is 3.38. The van der Waals surface area contributed by atoms with E-state index in [1.807, 2.05) is 47.4 Å². The van der Waals surface area contributed by atoms with Gasteiger partial charge in [0.05, 0.1) is 24.0 Å². The van der Waals surface area contributed by atoms with Crippen LogP contribution < -0.4 is 9.64 Å². The van der Waals surface area contributed by atoms with Gasteiger partial charge in [-0.2, -0.15) is 0 Å². The number of amidine groups is 1. The van der Waals surface area contributed by atoms with E-state index in [-0.39, 0.29) is 5.91 Å². The lowest BCUT2D eigenvalue weighted by Crippen LogP contribution is -2.30. The van der Waals surface area contributed by atoms with Crippen LogP contribution in [0, 0.1) is 0 Å². The molecule has 2 aliphatic rings. The van der Waals surface area contributed by atoms with Crippen LogP contribution in [0.25, 0.3) is 10.9 Å². The predicted molar refractivity (Wildman–Crippen MR) is 142 cm³/mol. The number of fused-ring (bicyclic) bond motifs is 2. The van der Waals surface area contributed by atoms with Crippen LogP contribution in [0.1, 0.15) is 26.7 Å². The topological polar surface area (TPSA) is 58.0 Å². The first-order chi connectivity index (χ1) is 16.6. The number of amides is 1. The van der Waals surface area contributed by atoms with Crippen LogP contribution >= 0.6 is 23.5 Å². The minimum absolute atomic E-state index is 0.0281. The van der Waals surface area contributed by atoms with E-state index in [4.69, 9.17) is 9.73 Å². The summed E-state index contributed by atoms with van der Waals surface area (Å²) >= 11 is 3.11. The van der Waals surface area contributed by atoms with Crippen molar-refractivity contribution in [3.63, 3.8) is 0 Å². The molecule has 1 aromatic heterocycles. The van der Waals surface area contributed by atoms with E-state index in [9.17, 15) is 4.79 Å². The Bertz CT molecular complexity index is 1320. The second kappa shape index (κ2) is 9.72. The summed E-state index contributed by atoms with van der Waals surface area (Å²) in [6.45, 7) is 5.66. The molecule has 0 unspecified atom stereocenters. The standard InChI is InChI=1S/C26H26N4O2S2/c1-4-6-14-30-24(31)23(25-29(5-2)21-16-19(32-3)10-12-22(21)33-25)34-26(30)28-18-9-11-20-17(15-18)8-7-13-27-20/h7-13,15-16H,4-6,14H2,1-3H3/b25-23-,28-26?. The van der Waals surface area contributed by atoms with Gasteiger partial charge < -0.3 is 9.64 Å². The molecule has 1 saturated heterocycles. The van der Waals surface area contributed by atoms with Gasteiger partial charge in [-0.25, -0.2) is 4.99 Å². The number of anilines is 1. The fraction of sp³-hybridized carbons (Fsp3) is 0.269. The first kappa shape index (κ1) is 22.8. The normalized spacial score (nSPS) is 18.9. The van der Waals surface area contributed by atoms with Crippen LogP contribution in [0.15, 0.2) is 74.5 Å². The average molecular weight is 491 g/mol. The van der Waals surface area contributed by atoms with Crippen LogP contribution in [-0.4, -0.2) is 41.2 Å². The quantitative estimate of drug-likeness (QED) is 0.372. The number of carbonyl (C=O) groups is 1. The molecule has 8 heteroatoms. The third-order valence-electron chi connectivity index (χ3n) is 5.83. The van der Waals surface area contributed by atoms with Crippen molar-refractivity contribution in [3.8, 4) is 5.75 Å². The largest absolute Gasteiger partial charge is 0.497 e. The summed E-state index contributed by atoms with van der Waals surface area (Å²) in [5, 5.41) is 2.73. The highest BCUT2D eigenvalue weighted by Gasteiger charge is 2.39. The Hall–Kier alpha value is -2.97. The van der Waals surface area contributed by atoms with E-state index in [1.165, 1.54) is 11.8 Å². The highest BCUT2D eigenvalue weighted by atomic mass is 32.2. The Labute approximate surface area is 208 Å². The van der Waals surface area contributed by atoms with Gasteiger partial charge in [-0.05, 0) is 61.5 Å². The molecule has 1 fully saturated rings. The Morgan fingerprint density at radius 3 is 2.74 bits per heavy atom. The molecule has 6 nitrogen and oxygen atoms in total. The van der Waals surface area contributed by atoms with Gasteiger partial charge in [0.2, 0.25) is 0 Å². The van der Waals surface area contributed by atoms with Gasteiger partial charge in [-0.15, -0.1) is 0 Å². The second-order valence-corrected chi connectivity index (χ2v) is 10.0. The van der Waals surface area contributed by atoms with Crippen LogP contribution in [0.5, 0.6) is 5.75 Å². The molecule has 0 saturated carbocycles. The molecule has 174 valence electrons. The van der Waals surface area contributed by atoms with E-state index in [0.29, 0.717) is 6.54 Å². The maximum absolute atomic E-state index is 13.6. The fourth-order valence-electron chi connectivity index (χ4n) is 4.05. The molecular weight excluding hydrogens is 464 g/mol. The smallest absolute Gasteiger partial charge is 0.269 e. The summed E-state index contributed by atoms with van der Waals surface area (Å²) in [6, 6.07) is 16.0. The van der Waals surface area contributed by atoms with Crippen molar-refractivity contribution in [2.24, 2.45) is 4.99 Å². The lowest BCUT2D eigenvalue weighted by molar-refractivity contribution is -0.122. The Balaban J connectivity index is 1.54. The SMILES string of the molecule is CCCCN1C(=O)/C(=C2/Sc3ccc(OC)cc3N2CC)SC1=Nc1ccc2ncccc2c1. The van der Waals surface area contributed by atoms with Crippen molar-refractivity contribution < 1.29 is 9.53 Å². The number of thioether (sulfide) groups is 2. The van der Waals surface area contributed by atoms with Crippen LogP contribution in [0.2, 0.25) is 0 Å². The van der Waals surface area contributed by atoms with Gasteiger partial charge in [0.1, 0.15) is 15.7 Å². The molecule has 0 aliphatic carbocycles. The maximum Gasteiger partial charge on any atom is 0.269 e. The van der Waals surface area contributed by atoms with E-state index in [0.717, 1.165) is 67.4 Å². The first-order valence-corrected chi connectivity index (χ1v) is 13.1. The predicted octanol–water partition coefficient (Wildman–Crippen LogP) is 6.41. The van der Waals surface area contributed by atoms with Crippen LogP contribution in [0.4, 0.5) is 11.4 Å². The highest BCUT2D eigenvalue weighted by Crippen LogP contribution is 2.51. The number of hydrogen-bond donors (Lipinski definition) is 0. The molecule has 3 aromatic rings. The summed E-state index contributed by atoms with van der Waals surface area (Å²) in [5.74, 6) is 0.840. The van der Waals surface area contributed by atoms with Crippen molar-refractivity contribution in [3.05, 3.63) is 64.7 Å². The van der Waals surface area contributed by atoms with Gasteiger partial charge in [0.25, 0.3) is 5.91 Å². The van der Waals surface area contributed by atoms with Crippen molar-refractivity contribution in [1.82, 2.24) is 9.88 Å². The summed E-state index contributed by atoms with van der Waals surface area (Å²) in [7, 11) is 1.67. The number of rotatable bonds is 6. The number of nitrogens with zero attached hydrogens (tertiary/aromatic N) is 4. The number of pyridine rings is 1. The van der Waals surface area contributed by atoms with Crippen LogP contribution in [0.3, 0.4) is 0 Å². The van der Waals surface area contributed by atoms with Gasteiger partial charge in [-0.3, -0.25) is 14.7 Å². The van der Waals surface area contributed by atoms with Crippen molar-refractivity contribution in [2.45, 2.75) is 31.6 Å². The molecule has 34 heavy (non-hydrogen) atoms. The molecule has 0 atom stereocenters. The molecular formula is C26H26N4O2S2. The maximum atomic E-state index is 13.6. The summed E-state index contributed by atoms with van der Waals surface area (Å²) in [5.41, 5.74) is 2.83. The zero-order valence-corrected chi connectivity index (χ0v) is 21.1. The molecule has 5 rings (SSSR count). The van der Waals surface area contributed by atoms with Crippen molar-refractivity contribution in [1.29, 1.82) is 0 Å². The molecule has 0 bridgehead atoms. The Morgan fingerprint density at radius 1 is 1.06 bits per heavy atom. The van der Waals surface area contributed by atoms with Gasteiger partial charge in [0.15, 0.2) is 5.17 Å². The van der Waals surface area contributed by atoms with E-state index < -0.39 is 0 Å². The summed E-state index contributed by atoms with van der Waals surface area (Å²) < 4.78 is 5.43. The zero-order valence-electron chi connectivity index (χ0n) is 19.4. The zero-order chi connectivity index (χ0) is 23.7. The van der Waals surface area contributed by atoms with Crippen LogP contribution in [-0.2, 0) is 4.79 Å². The summed E-state index contributed by atoms with van der Waals surface area (Å²) in [4.78, 5) is 28.8. The van der Waals surface area contributed by atoms with Gasteiger partial charge in [0, 0.05) is 35.6 Å². The molecule has 2 aromatic carbocycles. The molecule has 0 N–H and O–H groups in total. The summed E-state index contributed by atoms with van der Waals surface area (Å²) in [6.07, 6.45) is 3.73. The third kappa shape index (κ3) is 4.16. The number of aromatic nitrogens is 1. The number of benzene rings is 2. The number of hydrogen-bond acceptors (Lipinski definition) is 7.